The van der Waals surface area contributed by atoms with Crippen LogP contribution in [0.3, 0.4) is 0 Å². The Morgan fingerprint density at radius 2 is 1.97 bits per heavy atom. The number of rotatable bonds is 5. The first-order valence-corrected chi connectivity index (χ1v) is 10.2. The summed E-state index contributed by atoms with van der Waals surface area (Å²) in [7, 11) is 3.02. The van der Waals surface area contributed by atoms with Crippen molar-refractivity contribution in [2.24, 2.45) is 5.92 Å². The third kappa shape index (κ3) is 3.85. The lowest BCUT2D eigenvalue weighted by Gasteiger charge is -2.17. The number of carbonyl (C=O) groups is 1. The first-order valence-electron chi connectivity index (χ1n) is 9.42. The molecule has 0 fully saturated rings. The summed E-state index contributed by atoms with van der Waals surface area (Å²) in [5.74, 6) is 1.38. The fourth-order valence-corrected chi connectivity index (χ4v) is 5.01. The molecule has 2 heterocycles. The minimum atomic E-state index is -0.552. The molecule has 0 saturated carbocycles. The van der Waals surface area contributed by atoms with Gasteiger partial charge in [0, 0.05) is 10.9 Å². The maximum absolute atomic E-state index is 12.6. The number of nitrogens with zero attached hydrogens (tertiary/aromatic N) is 1. The highest BCUT2D eigenvalue weighted by molar-refractivity contribution is 7.18. The van der Waals surface area contributed by atoms with Crippen molar-refractivity contribution < 1.29 is 19.0 Å². The van der Waals surface area contributed by atoms with Crippen LogP contribution < -0.4 is 15.0 Å². The number of hydrogen-bond acceptors (Lipinski definition) is 7. The van der Waals surface area contributed by atoms with Crippen LogP contribution in [0.4, 0.5) is 0 Å². The summed E-state index contributed by atoms with van der Waals surface area (Å²) >= 11 is 1.57. The molecule has 29 heavy (non-hydrogen) atoms. The molecule has 0 saturated heterocycles. The van der Waals surface area contributed by atoms with E-state index in [0.717, 1.165) is 24.8 Å². The zero-order valence-corrected chi connectivity index (χ0v) is 17.4. The van der Waals surface area contributed by atoms with E-state index in [4.69, 9.17) is 14.2 Å². The van der Waals surface area contributed by atoms with Gasteiger partial charge in [0.05, 0.1) is 25.2 Å². The molecule has 7 nitrogen and oxygen atoms in total. The van der Waals surface area contributed by atoms with Gasteiger partial charge in [-0.1, -0.05) is 6.92 Å². The number of benzene rings is 1. The van der Waals surface area contributed by atoms with E-state index in [9.17, 15) is 9.59 Å². The lowest BCUT2D eigenvalue weighted by Crippen LogP contribution is -2.16. The molecule has 0 amide bonds. The number of carbonyl (C=O) groups excluding carboxylic acids is 1. The smallest absolute Gasteiger partial charge is 0.338 e. The van der Waals surface area contributed by atoms with Crippen molar-refractivity contribution in [3.63, 3.8) is 0 Å². The van der Waals surface area contributed by atoms with Crippen molar-refractivity contribution in [1.29, 1.82) is 0 Å². The average Bonchev–Trinajstić information content (AvgIpc) is 3.09. The normalized spacial score (nSPS) is 15.8. The van der Waals surface area contributed by atoms with Crippen molar-refractivity contribution in [3.8, 4) is 11.5 Å². The first kappa shape index (κ1) is 19.4. The van der Waals surface area contributed by atoms with E-state index in [1.165, 1.54) is 19.1 Å². The number of aromatic amines is 1. The van der Waals surface area contributed by atoms with Gasteiger partial charge in [-0.15, -0.1) is 11.3 Å². The number of esters is 1. The van der Waals surface area contributed by atoms with Gasteiger partial charge in [-0.25, -0.2) is 9.78 Å². The Labute approximate surface area is 171 Å². The average molecular weight is 414 g/mol. The van der Waals surface area contributed by atoms with Crippen LogP contribution in [0.2, 0.25) is 0 Å². The highest BCUT2D eigenvalue weighted by Crippen LogP contribution is 2.35. The summed E-state index contributed by atoms with van der Waals surface area (Å²) in [6.45, 7) is 2.10. The number of H-pyrrole nitrogens is 1. The highest BCUT2D eigenvalue weighted by atomic mass is 32.1. The van der Waals surface area contributed by atoms with Crippen LogP contribution in [0, 0.1) is 5.92 Å². The number of nitrogens with one attached hydrogen (secondary N) is 1. The van der Waals surface area contributed by atoms with E-state index < -0.39 is 5.97 Å². The van der Waals surface area contributed by atoms with Crippen LogP contribution in [0.1, 0.15) is 40.0 Å². The first-order chi connectivity index (χ1) is 14.0. The van der Waals surface area contributed by atoms with Crippen LogP contribution in [-0.4, -0.2) is 30.2 Å². The zero-order valence-electron chi connectivity index (χ0n) is 16.5. The van der Waals surface area contributed by atoms with Gasteiger partial charge in [0.1, 0.15) is 28.8 Å². The van der Waals surface area contributed by atoms with Gasteiger partial charge in [0.25, 0.3) is 5.56 Å². The van der Waals surface area contributed by atoms with E-state index in [1.807, 2.05) is 0 Å². The summed E-state index contributed by atoms with van der Waals surface area (Å²) in [5.41, 5.74) is 1.25. The molecule has 0 aliphatic heterocycles. The Hall–Kier alpha value is -2.87. The van der Waals surface area contributed by atoms with Gasteiger partial charge in [-0.2, -0.15) is 0 Å². The van der Waals surface area contributed by atoms with Crippen LogP contribution in [-0.2, 0) is 24.2 Å². The van der Waals surface area contributed by atoms with Crippen LogP contribution in [0.25, 0.3) is 10.2 Å². The van der Waals surface area contributed by atoms with Gasteiger partial charge in [0.15, 0.2) is 0 Å². The number of fused-ring (bicyclic) bond motifs is 3. The van der Waals surface area contributed by atoms with E-state index in [2.05, 4.69) is 16.9 Å². The van der Waals surface area contributed by atoms with Crippen molar-refractivity contribution in [1.82, 2.24) is 9.97 Å². The summed E-state index contributed by atoms with van der Waals surface area (Å²) in [5, 5.41) is 0.685. The zero-order chi connectivity index (χ0) is 20.5. The van der Waals surface area contributed by atoms with Crippen LogP contribution >= 0.6 is 11.3 Å². The van der Waals surface area contributed by atoms with Gasteiger partial charge in [-0.05, 0) is 42.9 Å². The van der Waals surface area contributed by atoms with E-state index in [-0.39, 0.29) is 12.2 Å². The van der Waals surface area contributed by atoms with E-state index in [1.54, 1.807) is 29.5 Å². The molecule has 1 atom stereocenters. The molecule has 0 spiro atoms. The molecule has 1 aliphatic rings. The van der Waals surface area contributed by atoms with Crippen molar-refractivity contribution in [2.45, 2.75) is 32.8 Å². The molecule has 4 rings (SSSR count). The largest absolute Gasteiger partial charge is 0.497 e. The van der Waals surface area contributed by atoms with Crippen molar-refractivity contribution in [2.75, 3.05) is 14.2 Å². The lowest BCUT2D eigenvalue weighted by molar-refractivity contribution is 0.0461. The monoisotopic (exact) mass is 414 g/mol. The fourth-order valence-electron chi connectivity index (χ4n) is 3.60. The maximum atomic E-state index is 12.6. The number of aromatic nitrogens is 2. The van der Waals surface area contributed by atoms with Crippen molar-refractivity contribution in [3.05, 3.63) is 50.4 Å². The molecule has 8 heteroatoms. The second-order valence-corrected chi connectivity index (χ2v) is 8.31. The summed E-state index contributed by atoms with van der Waals surface area (Å²) in [4.78, 5) is 34.3. The Kier molecular flexibility index (Phi) is 5.27. The number of methoxy groups -OCH3 is 2. The number of aryl methyl sites for hydroxylation is 1. The van der Waals surface area contributed by atoms with Crippen molar-refractivity contribution >= 4 is 27.5 Å². The van der Waals surface area contributed by atoms with Gasteiger partial charge >= 0.3 is 5.97 Å². The summed E-state index contributed by atoms with van der Waals surface area (Å²) in [6, 6.07) is 4.81. The molecule has 1 N–H and O–H groups in total. The predicted molar refractivity (Wildman–Crippen MR) is 110 cm³/mol. The molecule has 0 unspecified atom stereocenters. The summed E-state index contributed by atoms with van der Waals surface area (Å²) in [6.07, 6.45) is 2.98. The minimum Gasteiger partial charge on any atom is -0.497 e. The maximum Gasteiger partial charge on any atom is 0.338 e. The van der Waals surface area contributed by atoms with E-state index >= 15 is 0 Å². The van der Waals surface area contributed by atoms with Gasteiger partial charge < -0.3 is 19.2 Å². The van der Waals surface area contributed by atoms with Gasteiger partial charge in [-0.3, -0.25) is 4.79 Å². The molecule has 152 valence electrons. The molecule has 1 aromatic carbocycles. The van der Waals surface area contributed by atoms with E-state index in [0.29, 0.717) is 39.0 Å². The molecule has 3 aromatic rings. The molecule has 0 bridgehead atoms. The Bertz CT molecular complexity index is 1110. The topological polar surface area (TPSA) is 90.5 Å². The molecule has 2 aromatic heterocycles. The van der Waals surface area contributed by atoms with Gasteiger partial charge in [0.2, 0.25) is 0 Å². The number of ether oxygens (including phenoxy) is 3. The molecule has 1 aliphatic carbocycles. The minimum absolute atomic E-state index is 0.123. The van der Waals surface area contributed by atoms with Crippen LogP contribution in [0.5, 0.6) is 11.5 Å². The Morgan fingerprint density at radius 1 is 1.24 bits per heavy atom. The van der Waals surface area contributed by atoms with Crippen LogP contribution in [0.15, 0.2) is 23.0 Å². The molecular weight excluding hydrogens is 392 g/mol. The quantitative estimate of drug-likeness (QED) is 0.643. The molecule has 0 radical (unpaired) electrons. The fraction of sp³-hybridized carbons (Fsp3) is 0.381. The number of thiophene rings is 1. The second-order valence-electron chi connectivity index (χ2n) is 7.22. The Morgan fingerprint density at radius 3 is 2.66 bits per heavy atom. The predicted octanol–water partition coefficient (Wildman–Crippen LogP) is 3.48. The third-order valence-electron chi connectivity index (χ3n) is 5.14. The second kappa shape index (κ2) is 7.87. The molecular formula is C21H22N2O5S. The third-order valence-corrected chi connectivity index (χ3v) is 6.29. The number of hydrogen-bond donors (Lipinski definition) is 1. The Balaban J connectivity index is 1.56. The standard InChI is InChI=1S/C21H22N2O5S/c1-11-4-5-15-16(6-11)29-20-18(15)19(24)22-17(23-20)10-28-21(25)12-7-13(26-2)9-14(8-12)27-3/h7-9,11H,4-6,10H2,1-3H3,(H,22,23,24)/t11-/m0/s1. The highest BCUT2D eigenvalue weighted by Gasteiger charge is 2.23. The lowest BCUT2D eigenvalue weighted by atomic mass is 9.89. The SMILES string of the molecule is COc1cc(OC)cc(C(=O)OCc2nc3sc4c(c3c(=O)[nH]2)CC[C@H](C)C4)c1. The summed E-state index contributed by atoms with van der Waals surface area (Å²) < 4.78 is 15.7.